The molecule has 0 unspecified atom stereocenters. The van der Waals surface area contributed by atoms with Crippen LogP contribution in [-0.2, 0) is 0 Å². The van der Waals surface area contributed by atoms with Crippen LogP contribution in [0.4, 0.5) is 11.5 Å². The zero-order chi connectivity index (χ0) is 13.8. The highest BCUT2D eigenvalue weighted by atomic mass is 16.5. The maximum absolute atomic E-state index is 5.93. The second kappa shape index (κ2) is 6.13. The highest BCUT2D eigenvalue weighted by Gasteiger charge is 2.23. The number of pyridine rings is 1. The zero-order valence-electron chi connectivity index (χ0n) is 12.2. The van der Waals surface area contributed by atoms with Crippen LogP contribution in [0.25, 0.3) is 0 Å². The van der Waals surface area contributed by atoms with Gasteiger partial charge >= 0.3 is 0 Å². The van der Waals surface area contributed by atoms with Crippen LogP contribution >= 0.6 is 0 Å². The van der Waals surface area contributed by atoms with Gasteiger partial charge < -0.3 is 15.4 Å². The van der Waals surface area contributed by atoms with Crippen molar-refractivity contribution < 1.29 is 4.74 Å². The molecule has 0 saturated heterocycles. The van der Waals surface area contributed by atoms with E-state index in [9.17, 15) is 0 Å². The predicted molar refractivity (Wildman–Crippen MR) is 79.6 cm³/mol. The van der Waals surface area contributed by atoms with Gasteiger partial charge in [-0.15, -0.1) is 0 Å². The minimum absolute atomic E-state index is 0.507. The molecule has 2 N–H and O–H groups in total. The summed E-state index contributed by atoms with van der Waals surface area (Å²) in [5, 5.41) is 0. The molecule has 0 aromatic carbocycles. The Bertz CT molecular complexity index is 414. The lowest BCUT2D eigenvalue weighted by Crippen LogP contribution is -2.31. The van der Waals surface area contributed by atoms with Gasteiger partial charge in [-0.3, -0.25) is 0 Å². The Labute approximate surface area is 116 Å². The summed E-state index contributed by atoms with van der Waals surface area (Å²) >= 11 is 0. The Morgan fingerprint density at radius 3 is 2.63 bits per heavy atom. The summed E-state index contributed by atoms with van der Waals surface area (Å²) in [4.78, 5) is 6.78. The van der Waals surface area contributed by atoms with Gasteiger partial charge in [0.2, 0.25) is 5.88 Å². The van der Waals surface area contributed by atoms with Crippen molar-refractivity contribution in [1.29, 1.82) is 0 Å². The van der Waals surface area contributed by atoms with E-state index in [2.05, 4.69) is 30.8 Å². The smallest absolute Gasteiger partial charge is 0.239 e. The Kier molecular flexibility index (Phi) is 4.51. The van der Waals surface area contributed by atoms with Crippen LogP contribution < -0.4 is 15.4 Å². The molecule has 106 valence electrons. The topological polar surface area (TPSA) is 51.4 Å². The first-order valence-electron chi connectivity index (χ1n) is 7.27. The lowest BCUT2D eigenvalue weighted by molar-refractivity contribution is 0.290. The molecule has 1 aromatic rings. The van der Waals surface area contributed by atoms with E-state index in [0.717, 1.165) is 25.3 Å². The number of ether oxygens (including phenoxy) is 1. The van der Waals surface area contributed by atoms with Crippen molar-refractivity contribution in [2.75, 3.05) is 24.3 Å². The summed E-state index contributed by atoms with van der Waals surface area (Å²) in [7, 11) is 2.08. The number of rotatable bonds is 7. The zero-order valence-corrected chi connectivity index (χ0v) is 12.2. The molecule has 0 radical (unpaired) electrons. The minimum atomic E-state index is 0.507. The Balaban J connectivity index is 2.09. The standard InChI is InChI=1S/C15H25N3O/c1-4-12(5-2)18(3)14-9-8-13(16)15(17-14)19-10-11-6-7-11/h8-9,11-12H,4-7,10,16H2,1-3H3. The normalized spacial score (nSPS) is 14.7. The molecular formula is C15H25N3O. The number of nitrogen functional groups attached to an aromatic ring is 1. The molecule has 1 fully saturated rings. The van der Waals surface area contributed by atoms with Gasteiger partial charge in [0.1, 0.15) is 5.82 Å². The van der Waals surface area contributed by atoms with Gasteiger partial charge in [0, 0.05) is 13.1 Å². The molecule has 1 heterocycles. The molecule has 1 aromatic heterocycles. The Morgan fingerprint density at radius 1 is 1.37 bits per heavy atom. The largest absolute Gasteiger partial charge is 0.476 e. The fourth-order valence-electron chi connectivity index (χ4n) is 2.26. The summed E-state index contributed by atoms with van der Waals surface area (Å²) in [6, 6.07) is 4.37. The fraction of sp³-hybridized carbons (Fsp3) is 0.667. The van der Waals surface area contributed by atoms with E-state index in [-0.39, 0.29) is 0 Å². The van der Waals surface area contributed by atoms with E-state index >= 15 is 0 Å². The van der Waals surface area contributed by atoms with Gasteiger partial charge in [-0.1, -0.05) is 13.8 Å². The maximum atomic E-state index is 5.93. The molecule has 0 spiro atoms. The number of nitrogens with zero attached hydrogens (tertiary/aromatic N) is 2. The lowest BCUT2D eigenvalue weighted by Gasteiger charge is -2.27. The predicted octanol–water partition coefficient (Wildman–Crippen LogP) is 3.08. The molecule has 0 amide bonds. The third-order valence-electron chi connectivity index (χ3n) is 3.88. The van der Waals surface area contributed by atoms with E-state index < -0.39 is 0 Å². The van der Waals surface area contributed by atoms with Crippen molar-refractivity contribution >= 4 is 11.5 Å². The number of hydrogen-bond acceptors (Lipinski definition) is 4. The third kappa shape index (κ3) is 3.52. The number of hydrogen-bond donors (Lipinski definition) is 1. The lowest BCUT2D eigenvalue weighted by atomic mass is 10.1. The van der Waals surface area contributed by atoms with E-state index in [0.29, 0.717) is 23.5 Å². The van der Waals surface area contributed by atoms with Crippen LogP contribution in [0, 0.1) is 5.92 Å². The van der Waals surface area contributed by atoms with E-state index in [1.54, 1.807) is 0 Å². The molecule has 1 saturated carbocycles. The van der Waals surface area contributed by atoms with E-state index in [1.807, 2.05) is 12.1 Å². The molecule has 0 bridgehead atoms. The Hall–Kier alpha value is -1.45. The van der Waals surface area contributed by atoms with Crippen molar-refractivity contribution in [2.45, 2.75) is 45.6 Å². The second-order valence-corrected chi connectivity index (χ2v) is 5.40. The first-order chi connectivity index (χ1) is 9.15. The second-order valence-electron chi connectivity index (χ2n) is 5.40. The van der Waals surface area contributed by atoms with Crippen LogP contribution in [0.3, 0.4) is 0 Å². The summed E-state index contributed by atoms with van der Waals surface area (Å²) in [5.41, 5.74) is 6.56. The number of aromatic nitrogens is 1. The Morgan fingerprint density at radius 2 is 2.05 bits per heavy atom. The molecule has 2 rings (SSSR count). The quantitative estimate of drug-likeness (QED) is 0.821. The highest BCUT2D eigenvalue weighted by Crippen LogP contribution is 2.31. The van der Waals surface area contributed by atoms with Crippen LogP contribution in [0.15, 0.2) is 12.1 Å². The maximum Gasteiger partial charge on any atom is 0.239 e. The summed E-state index contributed by atoms with van der Waals surface area (Å²) in [6.45, 7) is 5.15. The molecule has 0 aliphatic heterocycles. The average Bonchev–Trinajstić information content (AvgIpc) is 3.23. The van der Waals surface area contributed by atoms with Crippen LogP contribution in [0.2, 0.25) is 0 Å². The SMILES string of the molecule is CCC(CC)N(C)c1ccc(N)c(OCC2CC2)n1. The van der Waals surface area contributed by atoms with Crippen molar-refractivity contribution in [3.63, 3.8) is 0 Å². The van der Waals surface area contributed by atoms with Crippen molar-refractivity contribution in [2.24, 2.45) is 5.92 Å². The van der Waals surface area contributed by atoms with Crippen LogP contribution in [0.5, 0.6) is 5.88 Å². The molecular weight excluding hydrogens is 238 g/mol. The van der Waals surface area contributed by atoms with E-state index in [4.69, 9.17) is 10.5 Å². The number of anilines is 2. The first-order valence-corrected chi connectivity index (χ1v) is 7.27. The van der Waals surface area contributed by atoms with Crippen LogP contribution in [0.1, 0.15) is 39.5 Å². The molecule has 1 aliphatic carbocycles. The van der Waals surface area contributed by atoms with E-state index in [1.165, 1.54) is 12.8 Å². The van der Waals surface area contributed by atoms with Gasteiger partial charge in [-0.05, 0) is 43.7 Å². The number of nitrogens with two attached hydrogens (primary N) is 1. The van der Waals surface area contributed by atoms with Gasteiger partial charge in [0.15, 0.2) is 0 Å². The molecule has 0 atom stereocenters. The van der Waals surface area contributed by atoms with Crippen molar-refractivity contribution in [1.82, 2.24) is 4.98 Å². The average molecular weight is 263 g/mol. The molecule has 19 heavy (non-hydrogen) atoms. The van der Waals surface area contributed by atoms with Gasteiger partial charge in [-0.2, -0.15) is 4.98 Å². The van der Waals surface area contributed by atoms with Crippen molar-refractivity contribution in [3.8, 4) is 5.88 Å². The summed E-state index contributed by atoms with van der Waals surface area (Å²) < 4.78 is 5.74. The van der Waals surface area contributed by atoms with Gasteiger partial charge in [0.25, 0.3) is 0 Å². The van der Waals surface area contributed by atoms with Gasteiger partial charge in [0.05, 0.1) is 12.3 Å². The monoisotopic (exact) mass is 263 g/mol. The minimum Gasteiger partial charge on any atom is -0.476 e. The van der Waals surface area contributed by atoms with Crippen LogP contribution in [-0.4, -0.2) is 24.7 Å². The first kappa shape index (κ1) is 14.0. The van der Waals surface area contributed by atoms with Crippen molar-refractivity contribution in [3.05, 3.63) is 12.1 Å². The summed E-state index contributed by atoms with van der Waals surface area (Å²) in [5.74, 6) is 2.23. The highest BCUT2D eigenvalue weighted by molar-refractivity contribution is 5.54. The van der Waals surface area contributed by atoms with Gasteiger partial charge in [-0.25, -0.2) is 0 Å². The third-order valence-corrected chi connectivity index (χ3v) is 3.88. The molecule has 4 nitrogen and oxygen atoms in total. The molecule has 1 aliphatic rings. The summed E-state index contributed by atoms with van der Waals surface area (Å²) in [6.07, 6.45) is 4.76. The molecule has 4 heteroatoms. The fourth-order valence-corrected chi connectivity index (χ4v) is 2.26.